The third-order valence-corrected chi connectivity index (χ3v) is 5.75. The molecule has 1 amide bonds. The highest BCUT2D eigenvalue weighted by Gasteiger charge is 2.44. The van der Waals surface area contributed by atoms with Crippen LogP contribution in [0, 0.1) is 5.92 Å². The first-order chi connectivity index (χ1) is 13.8. The summed E-state index contributed by atoms with van der Waals surface area (Å²) in [6.45, 7) is 2.62. The number of nitrogens with zero attached hydrogens (tertiary/aromatic N) is 3. The van der Waals surface area contributed by atoms with Crippen LogP contribution >= 0.6 is 0 Å². The van der Waals surface area contributed by atoms with Gasteiger partial charge in [0.2, 0.25) is 11.8 Å². The van der Waals surface area contributed by atoms with Gasteiger partial charge in [-0.15, -0.1) is 0 Å². The van der Waals surface area contributed by atoms with Crippen molar-refractivity contribution in [2.75, 3.05) is 19.6 Å². The molecule has 146 valence electrons. The van der Waals surface area contributed by atoms with E-state index in [1.807, 2.05) is 30.3 Å². The van der Waals surface area contributed by atoms with E-state index < -0.39 is 0 Å². The maximum atomic E-state index is 12.4. The summed E-state index contributed by atoms with van der Waals surface area (Å²) in [6, 6.07) is 10.1. The normalized spacial score (nSPS) is 25.4. The molecule has 2 fully saturated rings. The predicted octanol–water partition coefficient (Wildman–Crippen LogP) is 0.904. The van der Waals surface area contributed by atoms with Gasteiger partial charge >= 0.3 is 0 Å². The summed E-state index contributed by atoms with van der Waals surface area (Å²) in [6.07, 6.45) is 4.24. The van der Waals surface area contributed by atoms with Gasteiger partial charge in [0.15, 0.2) is 5.82 Å². The Balaban J connectivity index is 1.34. The van der Waals surface area contributed by atoms with Crippen LogP contribution in [0.15, 0.2) is 46.6 Å². The average molecular weight is 380 g/mol. The third kappa shape index (κ3) is 3.29. The maximum Gasteiger partial charge on any atom is 0.247 e. The molecule has 2 unspecified atom stereocenters. The minimum Gasteiger partial charge on any atom is -0.339 e. The molecule has 1 aromatic heterocycles. The number of carbonyl (C=O) groups is 1. The summed E-state index contributed by atoms with van der Waals surface area (Å²) in [7, 11) is 0. The molecule has 3 aliphatic rings. The summed E-state index contributed by atoms with van der Waals surface area (Å²) < 4.78 is 5.58. The van der Waals surface area contributed by atoms with Crippen molar-refractivity contribution < 1.29 is 9.32 Å². The van der Waals surface area contributed by atoms with Crippen LogP contribution in [0.2, 0.25) is 0 Å². The topological polar surface area (TPSA) is 95.3 Å². The highest BCUT2D eigenvalue weighted by Crippen LogP contribution is 2.34. The van der Waals surface area contributed by atoms with Crippen molar-refractivity contribution in [3.8, 4) is 0 Å². The Morgan fingerprint density at radius 1 is 1.18 bits per heavy atom. The number of allylic oxidation sites excluding steroid dienone is 1. The Bertz CT molecular complexity index is 874. The van der Waals surface area contributed by atoms with Gasteiger partial charge in [0.1, 0.15) is 6.17 Å². The SMILES string of the molecule is O=C1C=C(C2CCNCC2)N2NCC(c3nc(Cc4ccccc4)no3)C2N1. The van der Waals surface area contributed by atoms with Gasteiger partial charge in [-0.25, -0.2) is 5.43 Å². The summed E-state index contributed by atoms with van der Waals surface area (Å²) in [4.78, 5) is 17.0. The average Bonchev–Trinajstić information content (AvgIpc) is 3.35. The van der Waals surface area contributed by atoms with Gasteiger partial charge in [0.05, 0.1) is 5.92 Å². The lowest BCUT2D eigenvalue weighted by Crippen LogP contribution is -2.53. The molecule has 0 radical (unpaired) electrons. The minimum atomic E-state index is -0.201. The lowest BCUT2D eigenvalue weighted by molar-refractivity contribution is -0.119. The lowest BCUT2D eigenvalue weighted by atomic mass is 9.92. The fourth-order valence-corrected chi connectivity index (χ4v) is 4.32. The molecule has 0 bridgehead atoms. The van der Waals surface area contributed by atoms with Gasteiger partial charge in [-0.05, 0) is 31.5 Å². The summed E-state index contributed by atoms with van der Waals surface area (Å²) in [5.74, 6) is 1.49. The molecule has 8 heteroatoms. The molecule has 8 nitrogen and oxygen atoms in total. The number of amides is 1. The standard InChI is InChI=1S/C20H24N6O2/c27-18-11-16(14-6-8-21-9-7-14)26-19(24-18)15(12-22-26)20-23-17(25-28-20)10-13-4-2-1-3-5-13/h1-5,11,14-15,19,21-22H,6-10,12H2,(H,24,27). The highest BCUT2D eigenvalue weighted by molar-refractivity contribution is 5.89. The predicted molar refractivity (Wildman–Crippen MR) is 102 cm³/mol. The van der Waals surface area contributed by atoms with Crippen LogP contribution in [0.25, 0.3) is 0 Å². The first-order valence-electron chi connectivity index (χ1n) is 9.90. The smallest absolute Gasteiger partial charge is 0.247 e. The van der Waals surface area contributed by atoms with Gasteiger partial charge in [0.25, 0.3) is 0 Å². The van der Waals surface area contributed by atoms with Gasteiger partial charge in [-0.1, -0.05) is 35.5 Å². The fourth-order valence-electron chi connectivity index (χ4n) is 4.32. The summed E-state index contributed by atoms with van der Waals surface area (Å²) in [5.41, 5.74) is 5.65. The second kappa shape index (κ2) is 7.37. The molecule has 4 heterocycles. The van der Waals surface area contributed by atoms with E-state index in [1.165, 1.54) is 0 Å². The number of fused-ring (bicyclic) bond motifs is 1. The maximum absolute atomic E-state index is 12.4. The molecule has 2 saturated heterocycles. The number of hydrogen-bond donors (Lipinski definition) is 3. The molecule has 3 N–H and O–H groups in total. The van der Waals surface area contributed by atoms with E-state index >= 15 is 0 Å². The Morgan fingerprint density at radius 2 is 2.00 bits per heavy atom. The van der Waals surface area contributed by atoms with Crippen LogP contribution in [0.3, 0.4) is 0 Å². The number of piperidine rings is 1. The minimum absolute atomic E-state index is 0.0486. The second-order valence-corrected chi connectivity index (χ2v) is 7.60. The molecule has 3 aliphatic heterocycles. The van der Waals surface area contributed by atoms with E-state index in [2.05, 4.69) is 31.2 Å². The summed E-state index contributed by atoms with van der Waals surface area (Å²) >= 11 is 0. The number of hydrogen-bond acceptors (Lipinski definition) is 7. The third-order valence-electron chi connectivity index (χ3n) is 5.75. The molecular formula is C20H24N6O2. The zero-order chi connectivity index (χ0) is 18.9. The zero-order valence-electron chi connectivity index (χ0n) is 15.6. The first kappa shape index (κ1) is 17.4. The molecule has 5 rings (SSSR count). The molecule has 0 aliphatic carbocycles. The van der Waals surface area contributed by atoms with E-state index in [0.717, 1.165) is 37.2 Å². The molecule has 1 aromatic carbocycles. The molecule has 28 heavy (non-hydrogen) atoms. The number of rotatable bonds is 4. The van der Waals surface area contributed by atoms with Gasteiger partial charge in [-0.2, -0.15) is 4.98 Å². The van der Waals surface area contributed by atoms with E-state index in [0.29, 0.717) is 30.6 Å². The van der Waals surface area contributed by atoms with Crippen molar-refractivity contribution in [3.63, 3.8) is 0 Å². The zero-order valence-corrected chi connectivity index (χ0v) is 15.6. The Morgan fingerprint density at radius 3 is 2.82 bits per heavy atom. The van der Waals surface area contributed by atoms with Crippen LogP contribution in [-0.2, 0) is 11.2 Å². The van der Waals surface area contributed by atoms with Crippen molar-refractivity contribution in [1.82, 2.24) is 31.2 Å². The van der Waals surface area contributed by atoms with E-state index in [-0.39, 0.29) is 18.0 Å². The number of benzene rings is 1. The van der Waals surface area contributed by atoms with Crippen LogP contribution in [0.5, 0.6) is 0 Å². The number of hydrazine groups is 1. The van der Waals surface area contributed by atoms with E-state index in [4.69, 9.17) is 4.52 Å². The van der Waals surface area contributed by atoms with E-state index in [9.17, 15) is 4.79 Å². The molecule has 0 spiro atoms. The molecule has 0 saturated carbocycles. The Hall–Kier alpha value is -2.71. The molecule has 2 aromatic rings. The molecular weight excluding hydrogens is 356 g/mol. The lowest BCUT2D eigenvalue weighted by Gasteiger charge is -2.38. The largest absolute Gasteiger partial charge is 0.339 e. The Kier molecular flexibility index (Phi) is 4.58. The van der Waals surface area contributed by atoms with Crippen molar-refractivity contribution in [2.24, 2.45) is 5.92 Å². The second-order valence-electron chi connectivity index (χ2n) is 7.60. The van der Waals surface area contributed by atoms with Crippen LogP contribution in [-0.4, -0.2) is 46.9 Å². The monoisotopic (exact) mass is 380 g/mol. The quantitative estimate of drug-likeness (QED) is 0.725. The highest BCUT2D eigenvalue weighted by atomic mass is 16.5. The Labute approximate surface area is 163 Å². The van der Waals surface area contributed by atoms with Crippen molar-refractivity contribution in [3.05, 3.63) is 59.4 Å². The van der Waals surface area contributed by atoms with Crippen LogP contribution in [0.1, 0.15) is 36.0 Å². The molecule has 2 atom stereocenters. The van der Waals surface area contributed by atoms with Crippen molar-refractivity contribution >= 4 is 5.91 Å². The van der Waals surface area contributed by atoms with Crippen molar-refractivity contribution in [1.29, 1.82) is 0 Å². The van der Waals surface area contributed by atoms with Gasteiger partial charge in [-0.3, -0.25) is 9.80 Å². The number of nitrogens with one attached hydrogen (secondary N) is 3. The van der Waals surface area contributed by atoms with Gasteiger partial charge in [0, 0.05) is 30.7 Å². The van der Waals surface area contributed by atoms with Crippen LogP contribution < -0.4 is 16.1 Å². The number of aromatic nitrogens is 2. The van der Waals surface area contributed by atoms with E-state index in [1.54, 1.807) is 6.08 Å². The fraction of sp³-hybridized carbons (Fsp3) is 0.450. The first-order valence-corrected chi connectivity index (χ1v) is 9.90. The van der Waals surface area contributed by atoms with Crippen LogP contribution in [0.4, 0.5) is 0 Å². The van der Waals surface area contributed by atoms with Crippen molar-refractivity contribution in [2.45, 2.75) is 31.3 Å². The summed E-state index contributed by atoms with van der Waals surface area (Å²) in [5, 5.41) is 12.7. The van der Waals surface area contributed by atoms with Gasteiger partial charge < -0.3 is 15.2 Å². The number of carbonyl (C=O) groups excluding carboxylic acids is 1.